The van der Waals surface area contributed by atoms with E-state index in [1.54, 1.807) is 6.07 Å². The van der Waals surface area contributed by atoms with Gasteiger partial charge in [0, 0.05) is 0 Å². The number of pyridine rings is 1. The summed E-state index contributed by atoms with van der Waals surface area (Å²) in [4.78, 5) is 4.02. The van der Waals surface area contributed by atoms with Gasteiger partial charge >= 0.3 is 0 Å². The lowest BCUT2D eigenvalue weighted by Gasteiger charge is -2.09. The van der Waals surface area contributed by atoms with E-state index in [4.69, 9.17) is 28.9 Å². The highest BCUT2D eigenvalue weighted by atomic mass is 35.5. The fourth-order valence-electron chi connectivity index (χ4n) is 1.26. The molecule has 1 aromatic carbocycles. The van der Waals surface area contributed by atoms with Crippen molar-refractivity contribution < 1.29 is 4.39 Å². The number of nitrogens with two attached hydrogens (primary N) is 1. The van der Waals surface area contributed by atoms with Crippen molar-refractivity contribution in [1.82, 2.24) is 4.98 Å². The normalized spacial score (nSPS) is 10.3. The van der Waals surface area contributed by atoms with Gasteiger partial charge in [0.25, 0.3) is 0 Å². The minimum Gasteiger partial charge on any atom is -0.397 e. The first kappa shape index (κ1) is 12.0. The SMILES string of the molecule is Nc1cnc(Nc2ccc(F)cc2Cl)c(Cl)c1. The number of benzene rings is 1. The quantitative estimate of drug-likeness (QED) is 0.872. The molecule has 3 N–H and O–H groups in total. The minimum absolute atomic E-state index is 0.250. The van der Waals surface area contributed by atoms with Crippen LogP contribution in [0.2, 0.25) is 10.0 Å². The van der Waals surface area contributed by atoms with Gasteiger partial charge in [-0.15, -0.1) is 0 Å². The van der Waals surface area contributed by atoms with Gasteiger partial charge in [-0.1, -0.05) is 23.2 Å². The standard InChI is InChI=1S/C11H8Cl2FN3/c12-8-3-6(14)1-2-10(8)17-11-9(13)4-7(15)5-16-11/h1-5H,15H2,(H,16,17). The molecule has 1 aromatic heterocycles. The molecule has 88 valence electrons. The Hall–Kier alpha value is -1.52. The number of nitrogens with zero attached hydrogens (tertiary/aromatic N) is 1. The highest BCUT2D eigenvalue weighted by Gasteiger charge is 2.06. The predicted octanol–water partition coefficient (Wildman–Crippen LogP) is 3.85. The molecule has 17 heavy (non-hydrogen) atoms. The molecular weight excluding hydrogens is 264 g/mol. The largest absolute Gasteiger partial charge is 0.397 e. The van der Waals surface area contributed by atoms with Crippen LogP contribution in [0, 0.1) is 5.82 Å². The fourth-order valence-corrected chi connectivity index (χ4v) is 1.70. The number of rotatable bonds is 2. The van der Waals surface area contributed by atoms with Crippen LogP contribution in [0.4, 0.5) is 21.6 Å². The average molecular weight is 272 g/mol. The Balaban J connectivity index is 2.31. The van der Waals surface area contributed by atoms with Crippen molar-refractivity contribution in [3.8, 4) is 0 Å². The Kier molecular flexibility index (Phi) is 3.36. The van der Waals surface area contributed by atoms with Gasteiger partial charge in [-0.05, 0) is 24.3 Å². The molecule has 0 amide bonds. The lowest BCUT2D eigenvalue weighted by molar-refractivity contribution is 0.628. The number of halogens is 3. The molecule has 0 unspecified atom stereocenters. The number of nitrogen functional groups attached to an aromatic ring is 1. The summed E-state index contributed by atoms with van der Waals surface area (Å²) in [5.74, 6) is 0.00582. The molecule has 0 saturated heterocycles. The zero-order valence-corrected chi connectivity index (χ0v) is 10.1. The smallest absolute Gasteiger partial charge is 0.149 e. The highest BCUT2D eigenvalue weighted by molar-refractivity contribution is 6.34. The lowest BCUT2D eigenvalue weighted by atomic mass is 10.3. The van der Waals surface area contributed by atoms with Gasteiger partial charge in [0.1, 0.15) is 11.6 Å². The summed E-state index contributed by atoms with van der Waals surface area (Å²) in [6.07, 6.45) is 1.46. The summed E-state index contributed by atoms with van der Waals surface area (Å²) >= 11 is 11.8. The van der Waals surface area contributed by atoms with Crippen LogP contribution >= 0.6 is 23.2 Å². The van der Waals surface area contributed by atoms with Crippen LogP contribution in [0.3, 0.4) is 0 Å². The Morgan fingerprint density at radius 1 is 1.18 bits per heavy atom. The van der Waals surface area contributed by atoms with Crippen LogP contribution in [-0.4, -0.2) is 4.98 Å². The third kappa shape index (κ3) is 2.78. The second-order valence-corrected chi connectivity index (χ2v) is 4.16. The van der Waals surface area contributed by atoms with E-state index in [1.165, 1.54) is 24.4 Å². The van der Waals surface area contributed by atoms with Crippen molar-refractivity contribution in [2.24, 2.45) is 0 Å². The van der Waals surface area contributed by atoms with Crippen molar-refractivity contribution in [3.63, 3.8) is 0 Å². The third-order valence-electron chi connectivity index (χ3n) is 2.05. The Morgan fingerprint density at radius 2 is 1.94 bits per heavy atom. The number of aromatic nitrogens is 1. The molecule has 1 heterocycles. The van der Waals surface area contributed by atoms with E-state index in [0.717, 1.165) is 0 Å². The molecule has 0 radical (unpaired) electrons. The molecule has 2 rings (SSSR count). The molecule has 6 heteroatoms. The predicted molar refractivity (Wildman–Crippen MR) is 68.4 cm³/mol. The van der Waals surface area contributed by atoms with Crippen LogP contribution in [-0.2, 0) is 0 Å². The highest BCUT2D eigenvalue weighted by Crippen LogP contribution is 2.29. The van der Waals surface area contributed by atoms with Crippen LogP contribution in [0.25, 0.3) is 0 Å². The van der Waals surface area contributed by atoms with Crippen molar-refractivity contribution >= 4 is 40.4 Å². The molecule has 0 aliphatic heterocycles. The van der Waals surface area contributed by atoms with Gasteiger partial charge in [0.15, 0.2) is 0 Å². The summed E-state index contributed by atoms with van der Waals surface area (Å²) in [6.45, 7) is 0. The van der Waals surface area contributed by atoms with Crippen LogP contribution in [0.15, 0.2) is 30.5 Å². The fraction of sp³-hybridized carbons (Fsp3) is 0. The van der Waals surface area contributed by atoms with Crippen LogP contribution < -0.4 is 11.1 Å². The maximum atomic E-state index is 12.8. The molecule has 2 aromatic rings. The van der Waals surface area contributed by atoms with Gasteiger partial charge in [0.2, 0.25) is 0 Å². The number of hydrogen-bond acceptors (Lipinski definition) is 3. The molecule has 0 saturated carbocycles. The van der Waals surface area contributed by atoms with Crippen molar-refractivity contribution in [1.29, 1.82) is 0 Å². The molecular formula is C11H8Cl2FN3. The second kappa shape index (κ2) is 4.77. The van der Waals surface area contributed by atoms with Crippen LogP contribution in [0.5, 0.6) is 0 Å². The summed E-state index contributed by atoms with van der Waals surface area (Å²) in [5.41, 5.74) is 6.50. The molecule has 0 spiro atoms. The van der Waals surface area contributed by atoms with Crippen molar-refractivity contribution in [3.05, 3.63) is 46.3 Å². The van der Waals surface area contributed by atoms with E-state index in [0.29, 0.717) is 22.2 Å². The summed E-state index contributed by atoms with van der Waals surface area (Å²) in [6, 6.07) is 5.56. The van der Waals surface area contributed by atoms with Crippen molar-refractivity contribution in [2.45, 2.75) is 0 Å². The van der Waals surface area contributed by atoms with Gasteiger partial charge < -0.3 is 11.1 Å². The topological polar surface area (TPSA) is 50.9 Å². The third-order valence-corrected chi connectivity index (χ3v) is 2.65. The summed E-state index contributed by atoms with van der Waals surface area (Å²) < 4.78 is 12.8. The zero-order chi connectivity index (χ0) is 12.4. The van der Waals surface area contributed by atoms with Gasteiger partial charge in [0.05, 0.1) is 27.6 Å². The number of nitrogens with one attached hydrogen (secondary N) is 1. The number of anilines is 3. The second-order valence-electron chi connectivity index (χ2n) is 3.35. The van der Waals surface area contributed by atoms with E-state index in [9.17, 15) is 4.39 Å². The molecule has 0 aliphatic carbocycles. The first-order valence-corrected chi connectivity index (χ1v) is 5.45. The first-order chi connectivity index (χ1) is 8.06. The van der Waals surface area contributed by atoms with E-state index >= 15 is 0 Å². The minimum atomic E-state index is -0.406. The Bertz CT molecular complexity index is 511. The molecule has 0 aliphatic rings. The van der Waals surface area contributed by atoms with Crippen molar-refractivity contribution in [2.75, 3.05) is 11.1 Å². The molecule has 3 nitrogen and oxygen atoms in total. The first-order valence-electron chi connectivity index (χ1n) is 4.69. The maximum Gasteiger partial charge on any atom is 0.149 e. The summed E-state index contributed by atoms with van der Waals surface area (Å²) in [7, 11) is 0. The number of hydrogen-bond donors (Lipinski definition) is 2. The van der Waals surface area contributed by atoms with Gasteiger partial charge in [-0.25, -0.2) is 9.37 Å². The maximum absolute atomic E-state index is 12.8. The van der Waals surface area contributed by atoms with Crippen LogP contribution in [0.1, 0.15) is 0 Å². The van der Waals surface area contributed by atoms with E-state index in [1.807, 2.05) is 0 Å². The van der Waals surface area contributed by atoms with Gasteiger partial charge in [-0.3, -0.25) is 0 Å². The van der Waals surface area contributed by atoms with E-state index < -0.39 is 5.82 Å². The monoisotopic (exact) mass is 271 g/mol. The van der Waals surface area contributed by atoms with Gasteiger partial charge in [-0.2, -0.15) is 0 Å². The average Bonchev–Trinajstić information content (AvgIpc) is 2.25. The zero-order valence-electron chi connectivity index (χ0n) is 8.55. The summed E-state index contributed by atoms with van der Waals surface area (Å²) in [5, 5.41) is 3.51. The molecule has 0 bridgehead atoms. The molecule has 0 fully saturated rings. The Morgan fingerprint density at radius 3 is 2.59 bits per heavy atom. The van der Waals surface area contributed by atoms with E-state index in [2.05, 4.69) is 10.3 Å². The van der Waals surface area contributed by atoms with E-state index in [-0.39, 0.29) is 5.02 Å². The molecule has 0 atom stereocenters. The lowest BCUT2D eigenvalue weighted by Crippen LogP contribution is -1.97. The Labute approximate surface area is 107 Å².